The molecule has 0 spiro atoms. The number of carbonyl (C=O) groups is 3. The van der Waals surface area contributed by atoms with Gasteiger partial charge in [-0.05, 0) is 40.0 Å². The summed E-state index contributed by atoms with van der Waals surface area (Å²) in [5.41, 5.74) is 0.111. The Labute approximate surface area is 189 Å². The van der Waals surface area contributed by atoms with E-state index >= 15 is 0 Å². The number of nitrogens with one attached hydrogen (secondary N) is 3. The number of piperazine rings is 1. The summed E-state index contributed by atoms with van der Waals surface area (Å²) in [6, 6.07) is 6.69. The van der Waals surface area contributed by atoms with Gasteiger partial charge in [0.25, 0.3) is 0 Å². The maximum atomic E-state index is 13.1. The number of hydrogen-bond acceptors (Lipinski definition) is 6. The van der Waals surface area contributed by atoms with Crippen LogP contribution in [-0.2, 0) is 9.59 Å². The number of amides is 2. The van der Waals surface area contributed by atoms with Gasteiger partial charge in [0.15, 0.2) is 0 Å². The largest absolute Gasteiger partial charge is 0.391 e. The van der Waals surface area contributed by atoms with E-state index < -0.39 is 29.8 Å². The number of rotatable bonds is 7. The molecule has 172 valence electrons. The molecule has 0 radical (unpaired) electrons. The van der Waals surface area contributed by atoms with Crippen molar-refractivity contribution in [2.24, 2.45) is 5.92 Å². The molecule has 2 amide bonds. The Hall–Kier alpha value is -1.90. The second kappa shape index (κ2) is 10.6. The first-order valence-corrected chi connectivity index (χ1v) is 11.6. The molecule has 7 nitrogen and oxygen atoms in total. The number of hydrogen-bond donors (Lipinski definition) is 4. The van der Waals surface area contributed by atoms with Crippen molar-refractivity contribution in [1.82, 2.24) is 16.0 Å². The summed E-state index contributed by atoms with van der Waals surface area (Å²) in [5, 5.41) is 18.5. The molecule has 1 aliphatic heterocycles. The molecule has 31 heavy (non-hydrogen) atoms. The second-order valence-electron chi connectivity index (χ2n) is 9.58. The predicted octanol–water partition coefficient (Wildman–Crippen LogP) is 2.10. The Morgan fingerprint density at radius 2 is 1.77 bits per heavy atom. The lowest BCUT2D eigenvalue weighted by molar-refractivity contribution is -0.134. The lowest BCUT2D eigenvalue weighted by Gasteiger charge is -2.42. The molecule has 1 aromatic rings. The molecule has 0 bridgehead atoms. The van der Waals surface area contributed by atoms with Crippen LogP contribution in [0.1, 0.15) is 58.3 Å². The predicted molar refractivity (Wildman–Crippen MR) is 124 cm³/mol. The van der Waals surface area contributed by atoms with Gasteiger partial charge in [0, 0.05) is 16.4 Å². The van der Waals surface area contributed by atoms with Crippen molar-refractivity contribution < 1.29 is 19.5 Å². The highest BCUT2D eigenvalue weighted by atomic mass is 32.2. The van der Waals surface area contributed by atoms with Crippen molar-refractivity contribution in [2.45, 2.75) is 83.0 Å². The van der Waals surface area contributed by atoms with Crippen LogP contribution in [0.4, 0.5) is 0 Å². The average Bonchev–Trinajstić information content (AvgIpc) is 2.65. The summed E-state index contributed by atoms with van der Waals surface area (Å²) in [4.78, 5) is 38.8. The summed E-state index contributed by atoms with van der Waals surface area (Å²) >= 11 is 1.15. The molecule has 1 heterocycles. The van der Waals surface area contributed by atoms with E-state index in [2.05, 4.69) is 16.0 Å². The van der Waals surface area contributed by atoms with Gasteiger partial charge in [0.1, 0.15) is 12.1 Å². The van der Waals surface area contributed by atoms with Crippen LogP contribution < -0.4 is 16.0 Å². The van der Waals surface area contributed by atoms with Gasteiger partial charge < -0.3 is 15.7 Å². The Morgan fingerprint density at radius 1 is 1.16 bits per heavy atom. The van der Waals surface area contributed by atoms with E-state index in [1.807, 2.05) is 52.8 Å². The normalized spacial score (nSPS) is 23.7. The molecule has 0 aliphatic carbocycles. The molecular weight excluding hydrogens is 414 g/mol. The molecule has 0 aromatic heterocycles. The van der Waals surface area contributed by atoms with Gasteiger partial charge in [-0.15, -0.1) is 0 Å². The summed E-state index contributed by atoms with van der Waals surface area (Å²) < 4.78 is 0. The smallest absolute Gasteiger partial charge is 0.240 e. The van der Waals surface area contributed by atoms with Gasteiger partial charge >= 0.3 is 0 Å². The van der Waals surface area contributed by atoms with Crippen molar-refractivity contribution >= 4 is 28.7 Å². The Morgan fingerprint density at radius 3 is 2.29 bits per heavy atom. The lowest BCUT2D eigenvalue weighted by Crippen LogP contribution is -2.73. The molecule has 0 unspecified atom stereocenters. The molecule has 1 aromatic carbocycles. The summed E-state index contributed by atoms with van der Waals surface area (Å²) in [6.07, 6.45) is -0.331. The third-order valence-corrected chi connectivity index (χ3v) is 6.18. The zero-order valence-corrected chi connectivity index (χ0v) is 20.0. The van der Waals surface area contributed by atoms with Crippen molar-refractivity contribution in [1.29, 1.82) is 0 Å². The van der Waals surface area contributed by atoms with E-state index in [0.29, 0.717) is 12.0 Å². The third-order valence-electron chi connectivity index (χ3n) is 4.94. The van der Waals surface area contributed by atoms with E-state index in [1.54, 1.807) is 12.1 Å². The van der Waals surface area contributed by atoms with Gasteiger partial charge in [-0.3, -0.25) is 19.7 Å². The maximum absolute atomic E-state index is 13.1. The van der Waals surface area contributed by atoms with Crippen LogP contribution in [0.5, 0.6) is 0 Å². The average molecular weight is 450 g/mol. The highest BCUT2D eigenvalue weighted by Gasteiger charge is 2.45. The summed E-state index contributed by atoms with van der Waals surface area (Å²) in [6.45, 7) is 11.2. The molecular formula is C23H35N3O4S. The van der Waals surface area contributed by atoms with Gasteiger partial charge in [-0.1, -0.05) is 55.9 Å². The molecule has 1 fully saturated rings. The van der Waals surface area contributed by atoms with Crippen LogP contribution in [0.3, 0.4) is 0 Å². The van der Waals surface area contributed by atoms with Crippen molar-refractivity contribution in [3.63, 3.8) is 0 Å². The zero-order chi connectivity index (χ0) is 23.3. The Balaban J connectivity index is 2.35. The molecule has 0 saturated carbocycles. The van der Waals surface area contributed by atoms with E-state index in [0.717, 1.165) is 11.8 Å². The van der Waals surface area contributed by atoms with Crippen LogP contribution in [-0.4, -0.2) is 57.1 Å². The van der Waals surface area contributed by atoms with Crippen molar-refractivity contribution in [3.05, 3.63) is 35.9 Å². The third kappa shape index (κ3) is 7.33. The van der Waals surface area contributed by atoms with Crippen LogP contribution >= 0.6 is 11.8 Å². The fourth-order valence-electron chi connectivity index (χ4n) is 3.57. The molecule has 8 heteroatoms. The van der Waals surface area contributed by atoms with Gasteiger partial charge in [0.2, 0.25) is 16.9 Å². The summed E-state index contributed by atoms with van der Waals surface area (Å²) in [7, 11) is 0. The van der Waals surface area contributed by atoms with Crippen LogP contribution in [0.25, 0.3) is 0 Å². The minimum absolute atomic E-state index is 0.104. The quantitative estimate of drug-likeness (QED) is 0.508. The Bertz CT molecular complexity index is 777. The second-order valence-corrected chi connectivity index (χ2v) is 10.8. The number of aliphatic hydroxyl groups excluding tert-OH is 1. The van der Waals surface area contributed by atoms with Gasteiger partial charge in [0.05, 0.1) is 12.1 Å². The molecule has 5 atom stereocenters. The number of aliphatic hydroxyl groups is 1. The van der Waals surface area contributed by atoms with Crippen LogP contribution in [0.2, 0.25) is 0 Å². The van der Waals surface area contributed by atoms with Crippen molar-refractivity contribution in [3.8, 4) is 0 Å². The van der Waals surface area contributed by atoms with E-state index in [-0.39, 0.29) is 28.1 Å². The van der Waals surface area contributed by atoms with E-state index in [1.165, 1.54) is 6.92 Å². The van der Waals surface area contributed by atoms with Gasteiger partial charge in [-0.25, -0.2) is 0 Å². The standard InChI is InChI=1S/C23H35N3O4S/c1-13(2)12-16(31-22(30)15-10-8-7-9-11-15)18-19(21(29)26-23(4,5)6)24-17(14(3)27)20(28)25-18/h7-11,13-14,16-19,24,27H,12H2,1-6H3,(H,25,28)(H,26,29)/t14-,16+,17-,18-,19+/m0/s1. The fraction of sp³-hybridized carbons (Fsp3) is 0.609. The topological polar surface area (TPSA) is 108 Å². The number of carbonyl (C=O) groups excluding carboxylic acids is 3. The van der Waals surface area contributed by atoms with Crippen LogP contribution in [0.15, 0.2) is 30.3 Å². The minimum Gasteiger partial charge on any atom is -0.391 e. The monoisotopic (exact) mass is 449 g/mol. The first-order chi connectivity index (χ1) is 14.4. The molecule has 1 saturated heterocycles. The van der Waals surface area contributed by atoms with Gasteiger partial charge in [-0.2, -0.15) is 0 Å². The SMILES string of the molecule is CC(C)C[C@@H](SC(=O)c1ccccc1)[C@@H]1NC(=O)[C@H]([C@H](C)O)N[C@H]1C(=O)NC(C)(C)C. The zero-order valence-electron chi connectivity index (χ0n) is 19.1. The minimum atomic E-state index is -0.965. The highest BCUT2D eigenvalue weighted by molar-refractivity contribution is 8.14. The molecule has 1 aliphatic rings. The lowest BCUT2D eigenvalue weighted by atomic mass is 9.91. The Kier molecular flexibility index (Phi) is 8.68. The molecule has 2 rings (SSSR count). The first kappa shape index (κ1) is 25.4. The molecule has 4 N–H and O–H groups in total. The first-order valence-electron chi connectivity index (χ1n) is 10.7. The van der Waals surface area contributed by atoms with Crippen LogP contribution in [0, 0.1) is 5.92 Å². The van der Waals surface area contributed by atoms with E-state index in [9.17, 15) is 19.5 Å². The number of thioether (sulfide) groups is 1. The summed E-state index contributed by atoms with van der Waals surface area (Å²) in [5.74, 6) is -0.398. The maximum Gasteiger partial charge on any atom is 0.240 e. The fourth-order valence-corrected chi connectivity index (χ4v) is 4.97. The number of benzene rings is 1. The van der Waals surface area contributed by atoms with Crippen molar-refractivity contribution in [2.75, 3.05) is 0 Å². The highest BCUT2D eigenvalue weighted by Crippen LogP contribution is 2.29. The van der Waals surface area contributed by atoms with E-state index in [4.69, 9.17) is 0 Å².